The molecule has 2 amide bonds. The molecule has 0 spiro atoms. The van der Waals surface area contributed by atoms with Crippen LogP contribution in [0.2, 0.25) is 0 Å². The molecule has 2 aliphatic rings. The van der Waals surface area contributed by atoms with Gasteiger partial charge in [0.2, 0.25) is 11.8 Å². The number of carbonyl (C=O) groups excluding carboxylic acids is 2. The van der Waals surface area contributed by atoms with Crippen LogP contribution in [0.3, 0.4) is 0 Å². The van der Waals surface area contributed by atoms with Crippen molar-refractivity contribution in [3.8, 4) is 0 Å². The highest BCUT2D eigenvalue weighted by Gasteiger charge is 2.38. The van der Waals surface area contributed by atoms with Crippen LogP contribution in [0.15, 0.2) is 30.3 Å². The van der Waals surface area contributed by atoms with Crippen LogP contribution in [0.1, 0.15) is 37.3 Å². The fourth-order valence-corrected chi connectivity index (χ4v) is 4.11. The first-order chi connectivity index (χ1) is 12.7. The minimum absolute atomic E-state index is 0.0477. The third-order valence-corrected chi connectivity index (χ3v) is 5.46. The molecular weight excluding hydrogens is 328 g/mol. The predicted molar refractivity (Wildman–Crippen MR) is 102 cm³/mol. The van der Waals surface area contributed by atoms with E-state index in [0.29, 0.717) is 6.54 Å². The lowest BCUT2D eigenvalue weighted by Gasteiger charge is -2.31. The van der Waals surface area contributed by atoms with Gasteiger partial charge in [0.15, 0.2) is 0 Å². The van der Waals surface area contributed by atoms with Crippen molar-refractivity contribution in [1.29, 1.82) is 0 Å². The Kier molecular flexibility index (Phi) is 6.63. The van der Waals surface area contributed by atoms with E-state index in [1.54, 1.807) is 7.05 Å². The van der Waals surface area contributed by atoms with E-state index in [-0.39, 0.29) is 17.9 Å². The van der Waals surface area contributed by atoms with Gasteiger partial charge in [0, 0.05) is 26.7 Å². The average Bonchev–Trinajstić information content (AvgIpc) is 3.35. The first-order valence-electron chi connectivity index (χ1n) is 9.73. The van der Waals surface area contributed by atoms with Crippen LogP contribution in [-0.4, -0.2) is 67.4 Å². The van der Waals surface area contributed by atoms with Gasteiger partial charge in [-0.2, -0.15) is 0 Å². The van der Waals surface area contributed by atoms with E-state index in [4.69, 9.17) is 0 Å². The van der Waals surface area contributed by atoms with Crippen LogP contribution in [-0.2, 0) is 9.59 Å². The van der Waals surface area contributed by atoms with E-state index in [0.717, 1.165) is 44.6 Å². The maximum absolute atomic E-state index is 12.8. The van der Waals surface area contributed by atoms with Crippen molar-refractivity contribution in [2.45, 2.75) is 37.8 Å². The van der Waals surface area contributed by atoms with Crippen LogP contribution in [0.4, 0.5) is 0 Å². The van der Waals surface area contributed by atoms with Gasteiger partial charge in [-0.25, -0.2) is 0 Å². The minimum Gasteiger partial charge on any atom is -0.358 e. The molecule has 2 aliphatic heterocycles. The lowest BCUT2D eigenvalue weighted by Crippen LogP contribution is -2.49. The van der Waals surface area contributed by atoms with Crippen molar-refractivity contribution in [3.63, 3.8) is 0 Å². The lowest BCUT2D eigenvalue weighted by molar-refractivity contribution is -0.131. The Morgan fingerprint density at radius 2 is 1.85 bits per heavy atom. The van der Waals surface area contributed by atoms with Gasteiger partial charge in [-0.3, -0.25) is 14.5 Å². The highest BCUT2D eigenvalue weighted by Crippen LogP contribution is 2.29. The molecule has 1 aromatic rings. The molecule has 0 bridgehead atoms. The molecule has 0 aromatic heterocycles. The minimum atomic E-state index is -0.418. The van der Waals surface area contributed by atoms with Gasteiger partial charge < -0.3 is 15.5 Å². The Hall–Kier alpha value is -1.92. The average molecular weight is 358 g/mol. The smallest absolute Gasteiger partial charge is 0.241 e. The van der Waals surface area contributed by atoms with E-state index >= 15 is 0 Å². The fourth-order valence-electron chi connectivity index (χ4n) is 4.11. The normalized spacial score (nSPS) is 22.3. The van der Waals surface area contributed by atoms with Crippen LogP contribution >= 0.6 is 0 Å². The number of carbonyl (C=O) groups is 2. The zero-order chi connectivity index (χ0) is 18.4. The van der Waals surface area contributed by atoms with E-state index in [1.165, 1.54) is 12.8 Å². The Labute approximate surface area is 155 Å². The molecule has 0 aliphatic carbocycles. The number of hydrogen-bond donors (Lipinski definition) is 2. The van der Waals surface area contributed by atoms with Gasteiger partial charge in [0.1, 0.15) is 6.04 Å². The van der Waals surface area contributed by atoms with Crippen LogP contribution < -0.4 is 10.6 Å². The summed E-state index contributed by atoms with van der Waals surface area (Å²) < 4.78 is 0. The van der Waals surface area contributed by atoms with Gasteiger partial charge in [-0.1, -0.05) is 30.3 Å². The van der Waals surface area contributed by atoms with Crippen molar-refractivity contribution in [3.05, 3.63) is 35.9 Å². The van der Waals surface area contributed by atoms with Crippen molar-refractivity contribution >= 4 is 11.8 Å². The maximum Gasteiger partial charge on any atom is 0.241 e. The van der Waals surface area contributed by atoms with E-state index in [2.05, 4.69) is 20.4 Å². The second-order valence-corrected chi connectivity index (χ2v) is 7.16. The first-order valence-corrected chi connectivity index (χ1v) is 9.73. The number of benzene rings is 1. The summed E-state index contributed by atoms with van der Waals surface area (Å²) in [7, 11) is 1.65. The molecule has 0 unspecified atom stereocenters. The molecule has 1 aromatic carbocycles. The molecule has 2 atom stereocenters. The van der Waals surface area contributed by atoms with Crippen LogP contribution in [0, 0.1) is 0 Å². The molecule has 3 rings (SSSR count). The van der Waals surface area contributed by atoms with Crippen LogP contribution in [0.25, 0.3) is 0 Å². The van der Waals surface area contributed by atoms with Gasteiger partial charge in [0.25, 0.3) is 0 Å². The molecule has 2 saturated heterocycles. The van der Waals surface area contributed by atoms with Gasteiger partial charge >= 0.3 is 0 Å². The van der Waals surface area contributed by atoms with Crippen molar-refractivity contribution in [2.24, 2.45) is 0 Å². The Morgan fingerprint density at radius 3 is 2.54 bits per heavy atom. The van der Waals surface area contributed by atoms with Gasteiger partial charge in [-0.15, -0.1) is 0 Å². The first kappa shape index (κ1) is 18.9. The fraction of sp³-hybridized carbons (Fsp3) is 0.600. The molecule has 6 heteroatoms. The SMILES string of the molecule is CNC(=O)[C@@H](c1ccccc1)N1CCC[C@H]1C(=O)NCCN1CCCC1. The molecule has 26 heavy (non-hydrogen) atoms. The van der Waals surface area contributed by atoms with Crippen molar-refractivity contribution in [2.75, 3.05) is 39.8 Å². The van der Waals surface area contributed by atoms with E-state index in [1.807, 2.05) is 30.3 Å². The topological polar surface area (TPSA) is 64.7 Å². The Morgan fingerprint density at radius 1 is 1.12 bits per heavy atom. The monoisotopic (exact) mass is 358 g/mol. The molecule has 0 saturated carbocycles. The zero-order valence-electron chi connectivity index (χ0n) is 15.6. The number of nitrogens with one attached hydrogen (secondary N) is 2. The predicted octanol–water partition coefficient (Wildman–Crippen LogP) is 1.15. The molecular formula is C20H30N4O2. The third-order valence-electron chi connectivity index (χ3n) is 5.46. The summed E-state index contributed by atoms with van der Waals surface area (Å²) in [5, 5.41) is 5.85. The number of nitrogens with zero attached hydrogens (tertiary/aromatic N) is 2. The summed E-state index contributed by atoms with van der Waals surface area (Å²) in [5.74, 6) is -0.0144. The van der Waals surface area contributed by atoms with Crippen molar-refractivity contribution < 1.29 is 9.59 Å². The summed E-state index contributed by atoms with van der Waals surface area (Å²) in [6.45, 7) is 4.63. The lowest BCUT2D eigenvalue weighted by atomic mass is 10.0. The number of hydrogen-bond acceptors (Lipinski definition) is 4. The molecule has 142 valence electrons. The van der Waals surface area contributed by atoms with Crippen LogP contribution in [0.5, 0.6) is 0 Å². The quantitative estimate of drug-likeness (QED) is 0.767. The number of amides is 2. The molecule has 2 fully saturated rings. The number of likely N-dealkylation sites (N-methyl/N-ethyl adjacent to an activating group) is 1. The highest BCUT2D eigenvalue weighted by atomic mass is 16.2. The summed E-state index contributed by atoms with van der Waals surface area (Å²) in [5.41, 5.74) is 0.934. The standard InChI is InChI=1S/C20H30N4O2/c1-21-20(26)18(16-8-3-2-4-9-16)24-14-7-10-17(24)19(25)22-11-15-23-12-5-6-13-23/h2-4,8-9,17-18H,5-7,10-15H2,1H3,(H,21,26)(H,22,25)/t17-,18+/m0/s1. The summed E-state index contributed by atoms with van der Waals surface area (Å²) >= 11 is 0. The second-order valence-electron chi connectivity index (χ2n) is 7.16. The Bertz CT molecular complexity index is 601. The van der Waals surface area contributed by atoms with E-state index < -0.39 is 6.04 Å². The van der Waals surface area contributed by atoms with Crippen molar-refractivity contribution in [1.82, 2.24) is 20.4 Å². The summed E-state index contributed by atoms with van der Waals surface area (Å²) in [6, 6.07) is 9.07. The van der Waals surface area contributed by atoms with Gasteiger partial charge in [-0.05, 0) is 44.3 Å². The third kappa shape index (κ3) is 4.43. The molecule has 6 nitrogen and oxygen atoms in total. The molecule has 2 heterocycles. The second kappa shape index (κ2) is 9.14. The highest BCUT2D eigenvalue weighted by molar-refractivity contribution is 5.86. The number of likely N-dealkylation sites (tertiary alicyclic amines) is 2. The van der Waals surface area contributed by atoms with Gasteiger partial charge in [0.05, 0.1) is 6.04 Å². The Balaban J connectivity index is 1.64. The largest absolute Gasteiger partial charge is 0.358 e. The van der Waals surface area contributed by atoms with E-state index in [9.17, 15) is 9.59 Å². The summed E-state index contributed by atoms with van der Waals surface area (Å²) in [6.07, 6.45) is 4.25. The maximum atomic E-state index is 12.8. The summed E-state index contributed by atoms with van der Waals surface area (Å²) in [4.78, 5) is 29.8. The molecule has 2 N–H and O–H groups in total. The number of rotatable bonds is 7. The molecule has 0 radical (unpaired) electrons. The zero-order valence-corrected chi connectivity index (χ0v) is 15.6.